The van der Waals surface area contributed by atoms with Gasteiger partial charge in [-0.25, -0.2) is 4.79 Å². The molecule has 2 amide bonds. The highest BCUT2D eigenvalue weighted by molar-refractivity contribution is 6.01. The molecule has 0 saturated carbocycles. The monoisotopic (exact) mass is 583 g/mol. The third kappa shape index (κ3) is 8.40. The molecule has 0 spiro atoms. The highest BCUT2D eigenvalue weighted by atomic mass is 16.6. The Balaban J connectivity index is 1.67. The van der Waals surface area contributed by atoms with Crippen LogP contribution in [-0.2, 0) is 27.6 Å². The predicted molar refractivity (Wildman–Crippen MR) is 157 cm³/mol. The summed E-state index contributed by atoms with van der Waals surface area (Å²) >= 11 is 0. The number of nitro groups is 1. The Morgan fingerprint density at radius 1 is 0.814 bits per heavy atom. The lowest BCUT2D eigenvalue weighted by Crippen LogP contribution is -2.48. The Morgan fingerprint density at radius 2 is 1.37 bits per heavy atom. The van der Waals surface area contributed by atoms with Gasteiger partial charge in [-0.1, -0.05) is 60.7 Å². The quantitative estimate of drug-likeness (QED) is 0.100. The number of esters is 1. The first-order valence-corrected chi connectivity index (χ1v) is 13.2. The number of hydrogen-bond donors (Lipinski definition) is 1. The van der Waals surface area contributed by atoms with Crippen molar-refractivity contribution in [3.8, 4) is 17.2 Å². The average Bonchev–Trinajstić information content (AvgIpc) is 3.00. The van der Waals surface area contributed by atoms with Crippen molar-refractivity contribution in [3.63, 3.8) is 0 Å². The maximum atomic E-state index is 13.4. The van der Waals surface area contributed by atoms with Crippen LogP contribution in [0.25, 0.3) is 0 Å². The molecule has 11 nitrogen and oxygen atoms in total. The third-order valence-corrected chi connectivity index (χ3v) is 6.26. The molecule has 0 radical (unpaired) electrons. The summed E-state index contributed by atoms with van der Waals surface area (Å²) in [5.74, 6) is -1.78. The SMILES string of the molecule is CC(=O)N(c1ccc(OCc2ccccc2)cc1OCc1ccccc1)[C@@H](CC(N)=O)C(=O)Oc1ccc([N+](=O)[O-])cc1. The van der Waals surface area contributed by atoms with Gasteiger partial charge in [-0.15, -0.1) is 0 Å². The van der Waals surface area contributed by atoms with Crippen molar-refractivity contribution in [2.45, 2.75) is 32.6 Å². The van der Waals surface area contributed by atoms with Crippen LogP contribution in [-0.4, -0.2) is 28.7 Å². The molecule has 4 aromatic carbocycles. The van der Waals surface area contributed by atoms with Gasteiger partial charge in [0, 0.05) is 25.1 Å². The highest BCUT2D eigenvalue weighted by Crippen LogP contribution is 2.36. The Labute approximate surface area is 247 Å². The van der Waals surface area contributed by atoms with E-state index in [1.807, 2.05) is 60.7 Å². The zero-order valence-electron chi connectivity index (χ0n) is 23.3. The Bertz CT molecular complexity index is 1580. The summed E-state index contributed by atoms with van der Waals surface area (Å²) in [7, 11) is 0. The molecule has 2 N–H and O–H groups in total. The molecule has 0 aliphatic rings. The van der Waals surface area contributed by atoms with E-state index in [1.54, 1.807) is 18.2 Å². The first-order valence-electron chi connectivity index (χ1n) is 13.2. The molecule has 0 bridgehead atoms. The smallest absolute Gasteiger partial charge is 0.335 e. The van der Waals surface area contributed by atoms with Crippen molar-refractivity contribution < 1.29 is 33.5 Å². The molecule has 0 aliphatic carbocycles. The van der Waals surface area contributed by atoms with Gasteiger partial charge < -0.3 is 19.9 Å². The number of carbonyl (C=O) groups is 3. The van der Waals surface area contributed by atoms with Crippen molar-refractivity contribution in [1.29, 1.82) is 0 Å². The molecule has 0 aliphatic heterocycles. The molecule has 1 atom stereocenters. The molecular weight excluding hydrogens is 554 g/mol. The highest BCUT2D eigenvalue weighted by Gasteiger charge is 2.34. The fourth-order valence-corrected chi connectivity index (χ4v) is 4.22. The number of carbonyl (C=O) groups excluding carboxylic acids is 3. The zero-order chi connectivity index (χ0) is 30.8. The molecule has 0 unspecified atom stereocenters. The van der Waals surface area contributed by atoms with Crippen molar-refractivity contribution in [2.75, 3.05) is 4.90 Å². The van der Waals surface area contributed by atoms with E-state index in [9.17, 15) is 24.5 Å². The minimum Gasteiger partial charge on any atom is -0.489 e. The van der Waals surface area contributed by atoms with E-state index in [0.717, 1.165) is 28.2 Å². The van der Waals surface area contributed by atoms with Gasteiger partial charge in [-0.3, -0.25) is 24.6 Å². The van der Waals surface area contributed by atoms with Crippen LogP contribution in [0.15, 0.2) is 103 Å². The normalized spacial score (nSPS) is 11.2. The number of nitrogens with two attached hydrogens (primary N) is 1. The predicted octanol–water partition coefficient (Wildman–Crippen LogP) is 4.96. The molecule has 0 aromatic heterocycles. The summed E-state index contributed by atoms with van der Waals surface area (Å²) in [6, 6.07) is 27.0. The minimum absolute atomic E-state index is 0.0150. The van der Waals surface area contributed by atoms with E-state index in [2.05, 4.69) is 0 Å². The van der Waals surface area contributed by atoms with Gasteiger partial charge in [0.2, 0.25) is 11.8 Å². The molecule has 11 heteroatoms. The fourth-order valence-electron chi connectivity index (χ4n) is 4.22. The molecule has 220 valence electrons. The minimum atomic E-state index is -1.47. The number of ether oxygens (including phenoxy) is 3. The maximum Gasteiger partial charge on any atom is 0.335 e. The summed E-state index contributed by atoms with van der Waals surface area (Å²) in [5, 5.41) is 11.0. The zero-order valence-corrected chi connectivity index (χ0v) is 23.3. The van der Waals surface area contributed by atoms with Crippen LogP contribution in [0.3, 0.4) is 0 Å². The maximum absolute atomic E-state index is 13.4. The third-order valence-electron chi connectivity index (χ3n) is 6.26. The standard InChI is InChI=1S/C32H29N3O8/c1-22(36)34(29(19-31(33)37)32(38)43-26-14-12-25(13-15-26)35(39)40)28-17-16-27(41-20-23-8-4-2-5-9-23)18-30(28)42-21-24-10-6-3-7-11-24/h2-18,29H,19-21H2,1H3,(H2,33,37)/t29-/m0/s1. The van der Waals surface area contributed by atoms with Gasteiger partial charge in [-0.05, 0) is 35.4 Å². The topological polar surface area (TPSA) is 151 Å². The first kappa shape index (κ1) is 30.3. The number of hydrogen-bond acceptors (Lipinski definition) is 8. The van der Waals surface area contributed by atoms with Crippen LogP contribution in [0.5, 0.6) is 17.2 Å². The largest absolute Gasteiger partial charge is 0.489 e. The number of nitrogens with zero attached hydrogens (tertiary/aromatic N) is 2. The summed E-state index contributed by atoms with van der Waals surface area (Å²) in [5.41, 5.74) is 7.25. The molecule has 0 heterocycles. The van der Waals surface area contributed by atoms with E-state index in [-0.39, 0.29) is 36.1 Å². The fraction of sp³-hybridized carbons (Fsp3) is 0.156. The van der Waals surface area contributed by atoms with E-state index >= 15 is 0 Å². The van der Waals surface area contributed by atoms with Gasteiger partial charge >= 0.3 is 5.97 Å². The van der Waals surface area contributed by atoms with E-state index in [4.69, 9.17) is 19.9 Å². The molecule has 4 rings (SSSR count). The molecule has 43 heavy (non-hydrogen) atoms. The van der Waals surface area contributed by atoms with Crippen LogP contribution in [0.4, 0.5) is 11.4 Å². The molecule has 0 fully saturated rings. The van der Waals surface area contributed by atoms with Gasteiger partial charge in [-0.2, -0.15) is 0 Å². The second-order valence-electron chi connectivity index (χ2n) is 9.43. The number of amides is 2. The van der Waals surface area contributed by atoms with Crippen LogP contribution >= 0.6 is 0 Å². The van der Waals surface area contributed by atoms with Crippen molar-refractivity contribution in [3.05, 3.63) is 124 Å². The summed E-state index contributed by atoms with van der Waals surface area (Å²) in [6.07, 6.45) is -0.560. The van der Waals surface area contributed by atoms with Crippen molar-refractivity contribution in [1.82, 2.24) is 0 Å². The Hall–Kier alpha value is -5.71. The van der Waals surface area contributed by atoms with Crippen LogP contribution in [0.1, 0.15) is 24.5 Å². The van der Waals surface area contributed by atoms with Gasteiger partial charge in [0.15, 0.2) is 0 Å². The van der Waals surface area contributed by atoms with E-state index < -0.39 is 35.2 Å². The van der Waals surface area contributed by atoms with E-state index in [1.165, 1.54) is 19.1 Å². The Morgan fingerprint density at radius 3 is 1.91 bits per heavy atom. The van der Waals surface area contributed by atoms with Crippen molar-refractivity contribution >= 4 is 29.2 Å². The summed E-state index contributed by atoms with van der Waals surface area (Å²) < 4.78 is 17.5. The van der Waals surface area contributed by atoms with Crippen LogP contribution in [0.2, 0.25) is 0 Å². The van der Waals surface area contributed by atoms with Gasteiger partial charge in [0.05, 0.1) is 17.0 Å². The number of benzene rings is 4. The number of anilines is 1. The lowest BCUT2D eigenvalue weighted by Gasteiger charge is -2.30. The van der Waals surface area contributed by atoms with Crippen LogP contribution in [0, 0.1) is 10.1 Å². The lowest BCUT2D eigenvalue weighted by molar-refractivity contribution is -0.384. The summed E-state index contributed by atoms with van der Waals surface area (Å²) in [6.45, 7) is 1.64. The first-order chi connectivity index (χ1) is 20.7. The number of nitro benzene ring substituents is 1. The number of primary amides is 1. The van der Waals surface area contributed by atoms with Crippen LogP contribution < -0.4 is 24.8 Å². The molecular formula is C32H29N3O8. The van der Waals surface area contributed by atoms with Gasteiger partial charge in [0.1, 0.15) is 36.5 Å². The Kier molecular flexibility index (Phi) is 10.0. The van der Waals surface area contributed by atoms with E-state index in [0.29, 0.717) is 5.75 Å². The van der Waals surface area contributed by atoms with Crippen molar-refractivity contribution in [2.24, 2.45) is 5.73 Å². The molecule has 4 aromatic rings. The van der Waals surface area contributed by atoms with Gasteiger partial charge in [0.25, 0.3) is 5.69 Å². The molecule has 0 saturated heterocycles. The second kappa shape index (κ2) is 14.3. The lowest BCUT2D eigenvalue weighted by atomic mass is 10.1. The summed E-state index contributed by atoms with van der Waals surface area (Å²) in [4.78, 5) is 50.0. The number of rotatable bonds is 13. The average molecular weight is 584 g/mol. The number of non-ortho nitro benzene ring substituents is 1. The second-order valence-corrected chi connectivity index (χ2v) is 9.43.